The second-order valence-corrected chi connectivity index (χ2v) is 5.02. The van der Waals surface area contributed by atoms with Crippen LogP contribution in [-0.4, -0.2) is 38.4 Å². The molecule has 2 rings (SSSR count). The van der Waals surface area contributed by atoms with Gasteiger partial charge in [0.25, 0.3) is 5.91 Å². The quantitative estimate of drug-likeness (QED) is 0.751. The molecule has 0 spiro atoms. The van der Waals surface area contributed by atoms with Crippen molar-refractivity contribution in [3.8, 4) is 17.2 Å². The number of methoxy groups -OCH3 is 2. The first kappa shape index (κ1) is 15.4. The van der Waals surface area contributed by atoms with Gasteiger partial charge in [-0.15, -0.1) is 0 Å². The van der Waals surface area contributed by atoms with Gasteiger partial charge in [-0.3, -0.25) is 4.79 Å². The minimum absolute atomic E-state index is 0.0993. The second-order valence-electron chi connectivity index (χ2n) is 5.02. The molecule has 0 atom stereocenters. The summed E-state index contributed by atoms with van der Waals surface area (Å²) in [4.78, 5) is 11.7. The summed E-state index contributed by atoms with van der Waals surface area (Å²) in [7, 11) is 2.99. The Bertz CT molecular complexity index is 474. The molecule has 1 saturated carbocycles. The van der Waals surface area contributed by atoms with Crippen molar-refractivity contribution >= 4 is 5.91 Å². The number of benzene rings is 1. The van der Waals surface area contributed by atoms with Crippen molar-refractivity contribution in [3.05, 3.63) is 17.7 Å². The highest BCUT2D eigenvalue weighted by molar-refractivity contribution is 5.77. The highest BCUT2D eigenvalue weighted by atomic mass is 16.5. The second kappa shape index (κ2) is 7.17. The lowest BCUT2D eigenvalue weighted by Crippen LogP contribution is -2.30. The van der Waals surface area contributed by atoms with Crippen LogP contribution >= 0.6 is 0 Å². The highest BCUT2D eigenvalue weighted by Gasteiger charge is 2.22. The summed E-state index contributed by atoms with van der Waals surface area (Å²) in [6.07, 6.45) is 2.37. The Hall–Kier alpha value is -1.95. The van der Waals surface area contributed by atoms with Gasteiger partial charge in [-0.1, -0.05) is 0 Å². The van der Waals surface area contributed by atoms with E-state index in [4.69, 9.17) is 14.2 Å². The first-order chi connectivity index (χ1) is 10.2. The number of aliphatic hydroxyl groups excluding tert-OH is 1. The molecular formula is C15H21NO5. The number of carbonyl (C=O) groups excluding carboxylic acids is 1. The fraction of sp³-hybridized carbons (Fsp3) is 0.533. The van der Waals surface area contributed by atoms with E-state index in [-0.39, 0.29) is 19.1 Å². The van der Waals surface area contributed by atoms with E-state index >= 15 is 0 Å². The Morgan fingerprint density at radius 2 is 1.90 bits per heavy atom. The van der Waals surface area contributed by atoms with E-state index < -0.39 is 0 Å². The molecule has 0 unspecified atom stereocenters. The number of rotatable bonds is 8. The van der Waals surface area contributed by atoms with Gasteiger partial charge in [-0.25, -0.2) is 0 Å². The third-order valence-electron chi connectivity index (χ3n) is 3.34. The Balaban J connectivity index is 2.01. The van der Waals surface area contributed by atoms with Crippen molar-refractivity contribution in [3.63, 3.8) is 0 Å². The fourth-order valence-corrected chi connectivity index (χ4v) is 1.94. The standard InChI is InChI=1S/C15H21NO5/c1-19-12-5-11(8-17)6-13(20-2)15(12)21-9-14(18)16-7-10-3-4-10/h5-6,10,17H,3-4,7-9H2,1-2H3,(H,16,18). The molecule has 6 nitrogen and oxygen atoms in total. The molecule has 1 fully saturated rings. The molecule has 116 valence electrons. The van der Waals surface area contributed by atoms with Crippen molar-refractivity contribution in [2.75, 3.05) is 27.4 Å². The van der Waals surface area contributed by atoms with E-state index in [0.29, 0.717) is 35.3 Å². The maximum absolute atomic E-state index is 11.7. The topological polar surface area (TPSA) is 77.0 Å². The molecule has 0 radical (unpaired) electrons. The number of nitrogens with one attached hydrogen (secondary N) is 1. The minimum Gasteiger partial charge on any atom is -0.493 e. The zero-order valence-corrected chi connectivity index (χ0v) is 12.3. The number of hydrogen-bond donors (Lipinski definition) is 2. The molecule has 0 aliphatic heterocycles. The highest BCUT2D eigenvalue weighted by Crippen LogP contribution is 2.38. The molecule has 0 saturated heterocycles. The summed E-state index contributed by atoms with van der Waals surface area (Å²) in [6.45, 7) is 0.479. The molecule has 2 N–H and O–H groups in total. The van der Waals surface area contributed by atoms with E-state index in [0.717, 1.165) is 0 Å². The molecule has 1 amide bonds. The molecule has 0 aromatic heterocycles. The number of hydrogen-bond acceptors (Lipinski definition) is 5. The van der Waals surface area contributed by atoms with Crippen LogP contribution in [0.25, 0.3) is 0 Å². The first-order valence-corrected chi connectivity index (χ1v) is 6.93. The third-order valence-corrected chi connectivity index (χ3v) is 3.34. The van der Waals surface area contributed by atoms with E-state index in [1.165, 1.54) is 27.1 Å². The summed E-state index contributed by atoms with van der Waals surface area (Å²) in [5.41, 5.74) is 0.647. The molecule has 1 aliphatic carbocycles. The van der Waals surface area contributed by atoms with Crippen LogP contribution in [0.1, 0.15) is 18.4 Å². The Labute approximate surface area is 124 Å². The molecular weight excluding hydrogens is 274 g/mol. The maximum Gasteiger partial charge on any atom is 0.257 e. The van der Waals surface area contributed by atoms with Gasteiger partial charge in [-0.05, 0) is 36.5 Å². The predicted octanol–water partition coefficient (Wildman–Crippen LogP) is 1.10. The average Bonchev–Trinajstić information content (AvgIpc) is 3.34. The van der Waals surface area contributed by atoms with Gasteiger partial charge in [-0.2, -0.15) is 0 Å². The van der Waals surface area contributed by atoms with Gasteiger partial charge in [0, 0.05) is 6.54 Å². The number of amides is 1. The van der Waals surface area contributed by atoms with E-state index in [9.17, 15) is 9.90 Å². The Morgan fingerprint density at radius 3 is 2.38 bits per heavy atom. The summed E-state index contributed by atoms with van der Waals surface area (Å²) in [6, 6.07) is 3.31. The SMILES string of the molecule is COc1cc(CO)cc(OC)c1OCC(=O)NCC1CC1. The van der Waals surface area contributed by atoms with E-state index in [1.54, 1.807) is 12.1 Å². The zero-order valence-electron chi connectivity index (χ0n) is 12.3. The smallest absolute Gasteiger partial charge is 0.257 e. The number of carbonyl (C=O) groups is 1. The van der Waals surface area contributed by atoms with Crippen molar-refractivity contribution in [1.29, 1.82) is 0 Å². The van der Waals surface area contributed by atoms with Gasteiger partial charge in [0.05, 0.1) is 20.8 Å². The van der Waals surface area contributed by atoms with Crippen LogP contribution in [0.5, 0.6) is 17.2 Å². The summed E-state index contributed by atoms with van der Waals surface area (Å²) < 4.78 is 16.0. The predicted molar refractivity (Wildman–Crippen MR) is 76.7 cm³/mol. The monoisotopic (exact) mass is 295 g/mol. The normalized spacial score (nSPS) is 13.7. The summed E-state index contributed by atoms with van der Waals surface area (Å²) >= 11 is 0. The number of ether oxygens (including phenoxy) is 3. The number of aliphatic hydroxyl groups is 1. The van der Waals surface area contributed by atoms with Crippen molar-refractivity contribution in [2.45, 2.75) is 19.4 Å². The molecule has 6 heteroatoms. The lowest BCUT2D eigenvalue weighted by atomic mass is 10.2. The molecule has 1 aromatic carbocycles. The van der Waals surface area contributed by atoms with Gasteiger partial charge in [0.2, 0.25) is 5.75 Å². The van der Waals surface area contributed by atoms with Crippen LogP contribution < -0.4 is 19.5 Å². The maximum atomic E-state index is 11.7. The lowest BCUT2D eigenvalue weighted by Gasteiger charge is -2.15. The van der Waals surface area contributed by atoms with Crippen LogP contribution in [0.2, 0.25) is 0 Å². The summed E-state index contributed by atoms with van der Waals surface area (Å²) in [5.74, 6) is 1.67. The average molecular weight is 295 g/mol. The molecule has 0 bridgehead atoms. The summed E-state index contributed by atoms with van der Waals surface area (Å²) in [5, 5.41) is 12.0. The molecule has 0 heterocycles. The van der Waals surface area contributed by atoms with Crippen molar-refractivity contribution in [1.82, 2.24) is 5.32 Å². The first-order valence-electron chi connectivity index (χ1n) is 6.93. The van der Waals surface area contributed by atoms with Crippen LogP contribution in [0.3, 0.4) is 0 Å². The fourth-order valence-electron chi connectivity index (χ4n) is 1.94. The van der Waals surface area contributed by atoms with Crippen LogP contribution in [0.4, 0.5) is 0 Å². The largest absolute Gasteiger partial charge is 0.493 e. The van der Waals surface area contributed by atoms with Gasteiger partial charge in [0.15, 0.2) is 18.1 Å². The van der Waals surface area contributed by atoms with Gasteiger partial charge >= 0.3 is 0 Å². The van der Waals surface area contributed by atoms with E-state index in [1.807, 2.05) is 0 Å². The van der Waals surface area contributed by atoms with Crippen molar-refractivity contribution < 1.29 is 24.1 Å². The Kier molecular flexibility index (Phi) is 5.27. The molecule has 1 aromatic rings. The molecule has 21 heavy (non-hydrogen) atoms. The van der Waals surface area contributed by atoms with Crippen molar-refractivity contribution in [2.24, 2.45) is 5.92 Å². The van der Waals surface area contributed by atoms with E-state index in [2.05, 4.69) is 5.32 Å². The lowest BCUT2D eigenvalue weighted by molar-refractivity contribution is -0.123. The molecule has 1 aliphatic rings. The third kappa shape index (κ3) is 4.26. The van der Waals surface area contributed by atoms with Gasteiger partial charge < -0.3 is 24.6 Å². The minimum atomic E-state index is -0.169. The van der Waals surface area contributed by atoms with Crippen LogP contribution in [0, 0.1) is 5.92 Å². The van der Waals surface area contributed by atoms with Gasteiger partial charge in [0.1, 0.15) is 0 Å². The zero-order chi connectivity index (χ0) is 15.2. The Morgan fingerprint density at radius 1 is 1.29 bits per heavy atom. The van der Waals surface area contributed by atoms with Crippen LogP contribution in [0.15, 0.2) is 12.1 Å². The van der Waals surface area contributed by atoms with Crippen LogP contribution in [-0.2, 0) is 11.4 Å².